The average Bonchev–Trinajstić information content (AvgIpc) is 2.24. The summed E-state index contributed by atoms with van der Waals surface area (Å²) in [7, 11) is 0. The first-order valence-corrected chi connectivity index (χ1v) is 5.12. The topological polar surface area (TPSA) is 65.2 Å². The number of aromatic nitrogens is 1. The molecule has 0 saturated heterocycles. The van der Waals surface area contributed by atoms with Crippen molar-refractivity contribution in [2.75, 3.05) is 18.9 Å². The molecule has 94 valence electrons. The van der Waals surface area contributed by atoms with Crippen molar-refractivity contribution in [3.05, 3.63) is 23.4 Å². The number of Topliss-reactive ketones (excluding diaryl/α,β-unsaturated/α-hetero) is 1. The highest BCUT2D eigenvalue weighted by Crippen LogP contribution is 2.15. The van der Waals surface area contributed by atoms with Gasteiger partial charge >= 0.3 is 0 Å². The molecule has 0 saturated carbocycles. The highest BCUT2D eigenvalue weighted by Gasteiger charge is 2.13. The fourth-order valence-corrected chi connectivity index (χ4v) is 1.40. The molecular formula is C11H14F2N2O2. The smallest absolute Gasteiger partial charge is 0.261 e. The van der Waals surface area contributed by atoms with Gasteiger partial charge in [0.05, 0.1) is 12.2 Å². The minimum Gasteiger partial charge on any atom is -0.383 e. The van der Waals surface area contributed by atoms with E-state index in [2.05, 4.69) is 9.72 Å². The third-order valence-corrected chi connectivity index (χ3v) is 2.18. The Bertz CT molecular complexity index is 377. The Labute approximate surface area is 97.8 Å². The van der Waals surface area contributed by atoms with E-state index in [4.69, 9.17) is 5.73 Å². The Balaban J connectivity index is 2.53. The molecule has 0 radical (unpaired) electrons. The summed E-state index contributed by atoms with van der Waals surface area (Å²) >= 11 is 0. The molecule has 0 aliphatic carbocycles. The molecule has 2 N–H and O–H groups in total. The Kier molecular flexibility index (Phi) is 4.96. The van der Waals surface area contributed by atoms with Crippen LogP contribution in [0.1, 0.15) is 22.3 Å². The number of aryl methyl sites for hydroxylation is 1. The third kappa shape index (κ3) is 4.07. The fraction of sp³-hybridized carbons (Fsp3) is 0.455. The number of hydrogen-bond donors (Lipinski definition) is 1. The summed E-state index contributed by atoms with van der Waals surface area (Å²) in [6.45, 7) is 1.04. The minimum atomic E-state index is -2.52. The first-order valence-electron chi connectivity index (χ1n) is 5.12. The molecule has 0 aliphatic rings. The van der Waals surface area contributed by atoms with E-state index < -0.39 is 13.0 Å². The van der Waals surface area contributed by atoms with E-state index in [9.17, 15) is 13.6 Å². The van der Waals surface area contributed by atoms with Gasteiger partial charge in [-0.1, -0.05) is 0 Å². The number of nitrogen functional groups attached to an aromatic ring is 1. The van der Waals surface area contributed by atoms with Crippen LogP contribution in [0.5, 0.6) is 0 Å². The van der Waals surface area contributed by atoms with Crippen molar-refractivity contribution in [2.45, 2.75) is 19.8 Å². The molecule has 0 unspecified atom stereocenters. The molecule has 0 aromatic carbocycles. The zero-order valence-electron chi connectivity index (χ0n) is 9.45. The molecule has 6 heteroatoms. The van der Waals surface area contributed by atoms with Gasteiger partial charge in [-0.15, -0.1) is 0 Å². The molecule has 0 aliphatic heterocycles. The van der Waals surface area contributed by atoms with Crippen LogP contribution in [0, 0.1) is 6.92 Å². The predicted molar refractivity (Wildman–Crippen MR) is 59.2 cm³/mol. The second-order valence-corrected chi connectivity index (χ2v) is 3.53. The molecule has 1 aromatic rings. The summed E-state index contributed by atoms with van der Waals surface area (Å²) in [5.41, 5.74) is 6.64. The van der Waals surface area contributed by atoms with Crippen LogP contribution in [0.15, 0.2) is 12.3 Å². The molecule has 1 heterocycles. The van der Waals surface area contributed by atoms with E-state index in [-0.39, 0.29) is 24.6 Å². The van der Waals surface area contributed by atoms with Gasteiger partial charge < -0.3 is 10.5 Å². The molecule has 4 nitrogen and oxygen atoms in total. The fourth-order valence-electron chi connectivity index (χ4n) is 1.40. The Morgan fingerprint density at radius 1 is 1.59 bits per heavy atom. The van der Waals surface area contributed by atoms with Crippen molar-refractivity contribution < 1.29 is 18.3 Å². The van der Waals surface area contributed by atoms with Crippen molar-refractivity contribution in [1.29, 1.82) is 0 Å². The third-order valence-electron chi connectivity index (χ3n) is 2.18. The monoisotopic (exact) mass is 244 g/mol. The van der Waals surface area contributed by atoms with E-state index in [0.717, 1.165) is 5.56 Å². The molecule has 1 rings (SSSR count). The molecule has 17 heavy (non-hydrogen) atoms. The molecule has 0 fully saturated rings. The molecule has 1 aromatic heterocycles. The predicted octanol–water partition coefficient (Wildman–Crippen LogP) is 1.83. The summed E-state index contributed by atoms with van der Waals surface area (Å²) in [5.74, 6) is -0.0915. The summed E-state index contributed by atoms with van der Waals surface area (Å²) in [6, 6.07) is 1.67. The van der Waals surface area contributed by atoms with Crippen molar-refractivity contribution in [1.82, 2.24) is 4.98 Å². The van der Waals surface area contributed by atoms with Crippen LogP contribution in [-0.2, 0) is 4.74 Å². The van der Waals surface area contributed by atoms with E-state index in [1.54, 1.807) is 13.0 Å². The van der Waals surface area contributed by atoms with E-state index in [1.807, 2.05) is 0 Å². The van der Waals surface area contributed by atoms with Crippen LogP contribution in [-0.4, -0.2) is 30.4 Å². The number of hydrogen-bond acceptors (Lipinski definition) is 4. The SMILES string of the molecule is Cc1ccnc(N)c1C(=O)CCOCC(F)F. The van der Waals surface area contributed by atoms with E-state index in [0.29, 0.717) is 5.56 Å². The van der Waals surface area contributed by atoms with Crippen LogP contribution >= 0.6 is 0 Å². The molecule has 0 atom stereocenters. The van der Waals surface area contributed by atoms with Gasteiger partial charge in [0.1, 0.15) is 12.4 Å². The lowest BCUT2D eigenvalue weighted by Gasteiger charge is -2.07. The highest BCUT2D eigenvalue weighted by atomic mass is 19.3. The average molecular weight is 244 g/mol. The lowest BCUT2D eigenvalue weighted by atomic mass is 10.0. The maximum Gasteiger partial charge on any atom is 0.261 e. The first-order chi connectivity index (χ1) is 8.02. The van der Waals surface area contributed by atoms with Crippen LogP contribution in [0.4, 0.5) is 14.6 Å². The van der Waals surface area contributed by atoms with Gasteiger partial charge in [0.25, 0.3) is 6.43 Å². The Morgan fingerprint density at radius 2 is 2.29 bits per heavy atom. The van der Waals surface area contributed by atoms with Gasteiger partial charge in [0, 0.05) is 12.6 Å². The van der Waals surface area contributed by atoms with Crippen molar-refractivity contribution in [2.24, 2.45) is 0 Å². The van der Waals surface area contributed by atoms with Crippen molar-refractivity contribution >= 4 is 11.6 Å². The van der Waals surface area contributed by atoms with Gasteiger partial charge in [0.2, 0.25) is 0 Å². The summed E-state index contributed by atoms with van der Waals surface area (Å²) in [5, 5.41) is 0. The van der Waals surface area contributed by atoms with Crippen LogP contribution in [0.25, 0.3) is 0 Å². The van der Waals surface area contributed by atoms with Crippen molar-refractivity contribution in [3.8, 4) is 0 Å². The number of carbonyl (C=O) groups excluding carboxylic acids is 1. The number of halogens is 2. The second-order valence-electron chi connectivity index (χ2n) is 3.53. The molecule has 0 bridgehead atoms. The maximum absolute atomic E-state index is 11.8. The zero-order valence-corrected chi connectivity index (χ0v) is 9.45. The standard InChI is InChI=1S/C11H14F2N2O2/c1-7-2-4-15-11(14)10(7)8(16)3-5-17-6-9(12)13/h2,4,9H,3,5-6H2,1H3,(H2,14,15). The Hall–Kier alpha value is -1.56. The van der Waals surface area contributed by atoms with Gasteiger partial charge in [0.15, 0.2) is 5.78 Å². The number of anilines is 1. The quantitative estimate of drug-likeness (QED) is 0.612. The number of ether oxygens (including phenoxy) is 1. The minimum absolute atomic E-state index is 0.0173. The number of nitrogens with zero attached hydrogens (tertiary/aromatic N) is 1. The van der Waals surface area contributed by atoms with Gasteiger partial charge in [-0.25, -0.2) is 13.8 Å². The lowest BCUT2D eigenvalue weighted by molar-refractivity contribution is 0.0170. The van der Waals surface area contributed by atoms with Crippen LogP contribution < -0.4 is 5.73 Å². The number of pyridine rings is 1. The second kappa shape index (κ2) is 6.24. The van der Waals surface area contributed by atoms with Crippen LogP contribution in [0.3, 0.4) is 0 Å². The normalized spacial score (nSPS) is 10.8. The number of rotatable bonds is 6. The summed E-state index contributed by atoms with van der Waals surface area (Å²) in [4.78, 5) is 15.6. The number of carbonyl (C=O) groups is 1. The van der Waals surface area contributed by atoms with Gasteiger partial charge in [-0.2, -0.15) is 0 Å². The zero-order chi connectivity index (χ0) is 12.8. The number of nitrogens with two attached hydrogens (primary N) is 1. The Morgan fingerprint density at radius 3 is 2.88 bits per heavy atom. The maximum atomic E-state index is 11.8. The van der Waals surface area contributed by atoms with Crippen LogP contribution in [0.2, 0.25) is 0 Å². The van der Waals surface area contributed by atoms with Gasteiger partial charge in [-0.05, 0) is 18.6 Å². The summed E-state index contributed by atoms with van der Waals surface area (Å²) in [6.07, 6.45) is -0.992. The van der Waals surface area contributed by atoms with Gasteiger partial charge in [-0.3, -0.25) is 4.79 Å². The number of ketones is 1. The largest absolute Gasteiger partial charge is 0.383 e. The number of alkyl halides is 2. The molecule has 0 spiro atoms. The molecular weight excluding hydrogens is 230 g/mol. The highest BCUT2D eigenvalue weighted by molar-refractivity contribution is 6.01. The van der Waals surface area contributed by atoms with E-state index in [1.165, 1.54) is 6.20 Å². The summed E-state index contributed by atoms with van der Waals surface area (Å²) < 4.78 is 28.2. The molecule has 0 amide bonds. The van der Waals surface area contributed by atoms with Crippen molar-refractivity contribution in [3.63, 3.8) is 0 Å². The first kappa shape index (κ1) is 13.5. The van der Waals surface area contributed by atoms with E-state index >= 15 is 0 Å². The lowest BCUT2D eigenvalue weighted by Crippen LogP contribution is -2.12.